The third kappa shape index (κ3) is 5.29. The van der Waals surface area contributed by atoms with Crippen LogP contribution >= 0.6 is 15.9 Å². The third-order valence-electron chi connectivity index (χ3n) is 3.46. The highest BCUT2D eigenvalue weighted by Crippen LogP contribution is 2.24. The van der Waals surface area contributed by atoms with Gasteiger partial charge in [-0.15, -0.1) is 0 Å². The number of rotatable bonds is 6. The Kier molecular flexibility index (Phi) is 6.52. The van der Waals surface area contributed by atoms with Crippen LogP contribution in [0, 0.1) is 12.7 Å². The first-order valence-electron chi connectivity index (χ1n) is 7.68. The number of benzene rings is 2. The minimum absolute atomic E-state index is 0.000896. The molecule has 0 unspecified atom stereocenters. The number of amides is 2. The molecule has 0 saturated carbocycles. The lowest BCUT2D eigenvalue weighted by molar-refractivity contribution is -0.118. The van der Waals surface area contributed by atoms with E-state index in [1.54, 1.807) is 38.1 Å². The van der Waals surface area contributed by atoms with Crippen molar-refractivity contribution in [1.29, 1.82) is 0 Å². The molecule has 0 spiro atoms. The number of ether oxygens (including phenoxy) is 1. The smallest absolute Gasteiger partial charge is 0.262 e. The summed E-state index contributed by atoms with van der Waals surface area (Å²) in [5.74, 6) is -1.09. The maximum Gasteiger partial charge on any atom is 0.262 e. The van der Waals surface area contributed by atoms with Gasteiger partial charge in [-0.1, -0.05) is 28.9 Å². The molecule has 0 saturated heterocycles. The summed E-state index contributed by atoms with van der Waals surface area (Å²) in [5.41, 5.74) is 1.91. The van der Waals surface area contributed by atoms with Gasteiger partial charge in [0.2, 0.25) is 5.91 Å². The van der Waals surface area contributed by atoms with E-state index in [9.17, 15) is 14.0 Å². The largest absolute Gasteiger partial charge is 0.481 e. The second-order valence-corrected chi connectivity index (χ2v) is 6.21. The highest BCUT2D eigenvalue weighted by molar-refractivity contribution is 9.10. The van der Waals surface area contributed by atoms with Crippen molar-refractivity contribution in [1.82, 2.24) is 0 Å². The normalized spacial score (nSPS) is 10.2. The minimum Gasteiger partial charge on any atom is -0.481 e. The Balaban J connectivity index is 2.00. The zero-order valence-corrected chi connectivity index (χ0v) is 15.4. The number of carbonyl (C=O) groups excluding carboxylic acids is 2. The maximum absolute atomic E-state index is 13.7. The van der Waals surface area contributed by atoms with Crippen LogP contribution in [-0.2, 0) is 9.59 Å². The van der Waals surface area contributed by atoms with Crippen molar-refractivity contribution in [2.75, 3.05) is 17.2 Å². The molecule has 25 heavy (non-hydrogen) atoms. The van der Waals surface area contributed by atoms with E-state index in [0.29, 0.717) is 22.3 Å². The van der Waals surface area contributed by atoms with Gasteiger partial charge in [0.1, 0.15) is 0 Å². The van der Waals surface area contributed by atoms with Crippen LogP contribution in [-0.4, -0.2) is 18.4 Å². The van der Waals surface area contributed by atoms with Gasteiger partial charge in [-0.2, -0.15) is 0 Å². The van der Waals surface area contributed by atoms with Crippen molar-refractivity contribution >= 4 is 39.1 Å². The Morgan fingerprint density at radius 3 is 2.36 bits per heavy atom. The quantitative estimate of drug-likeness (QED) is 0.749. The number of nitrogens with one attached hydrogen (secondary N) is 2. The highest BCUT2D eigenvalue weighted by Gasteiger charge is 2.11. The van der Waals surface area contributed by atoms with Crippen LogP contribution in [0.25, 0.3) is 0 Å². The molecule has 0 aliphatic rings. The lowest BCUT2D eigenvalue weighted by Crippen LogP contribution is -2.21. The molecule has 2 aromatic carbocycles. The van der Waals surface area contributed by atoms with E-state index in [0.717, 1.165) is 5.56 Å². The van der Waals surface area contributed by atoms with Gasteiger partial charge in [-0.25, -0.2) is 4.39 Å². The average molecular weight is 409 g/mol. The van der Waals surface area contributed by atoms with E-state index in [-0.39, 0.29) is 18.3 Å². The molecule has 0 aliphatic carbocycles. The molecule has 0 bridgehead atoms. The molecule has 0 radical (unpaired) electrons. The fraction of sp³-hybridized carbons (Fsp3) is 0.222. The molecule has 0 fully saturated rings. The van der Waals surface area contributed by atoms with E-state index in [1.165, 1.54) is 12.1 Å². The van der Waals surface area contributed by atoms with Crippen LogP contribution in [0.3, 0.4) is 0 Å². The lowest BCUT2D eigenvalue weighted by atomic mass is 10.1. The number of carbonyl (C=O) groups is 2. The van der Waals surface area contributed by atoms with Crippen LogP contribution in [0.15, 0.2) is 40.9 Å². The predicted molar refractivity (Wildman–Crippen MR) is 98.3 cm³/mol. The molecule has 2 N–H and O–H groups in total. The van der Waals surface area contributed by atoms with Gasteiger partial charge in [0, 0.05) is 22.3 Å². The number of hydrogen-bond donors (Lipinski definition) is 2. The Labute approximate surface area is 153 Å². The zero-order valence-electron chi connectivity index (χ0n) is 13.9. The van der Waals surface area contributed by atoms with Crippen molar-refractivity contribution in [3.05, 3.63) is 52.3 Å². The van der Waals surface area contributed by atoms with Gasteiger partial charge < -0.3 is 15.4 Å². The summed E-state index contributed by atoms with van der Waals surface area (Å²) in [7, 11) is 0. The number of anilines is 2. The Hall–Kier alpha value is -2.41. The number of halogens is 2. The first-order valence-corrected chi connectivity index (χ1v) is 8.47. The Morgan fingerprint density at radius 2 is 1.76 bits per heavy atom. The molecule has 0 heterocycles. The third-order valence-corrected chi connectivity index (χ3v) is 3.95. The zero-order chi connectivity index (χ0) is 18.4. The van der Waals surface area contributed by atoms with Gasteiger partial charge in [0.25, 0.3) is 5.91 Å². The summed E-state index contributed by atoms with van der Waals surface area (Å²) < 4.78 is 19.5. The fourth-order valence-corrected chi connectivity index (χ4v) is 2.40. The lowest BCUT2D eigenvalue weighted by Gasteiger charge is -2.13. The molecule has 2 aromatic rings. The molecule has 0 atom stereocenters. The number of hydrogen-bond acceptors (Lipinski definition) is 3. The van der Waals surface area contributed by atoms with E-state index in [2.05, 4.69) is 26.6 Å². The molecule has 0 aliphatic heterocycles. The van der Waals surface area contributed by atoms with Gasteiger partial charge in [0.05, 0.1) is 0 Å². The summed E-state index contributed by atoms with van der Waals surface area (Å²) in [6.45, 7) is 3.22. The highest BCUT2D eigenvalue weighted by atomic mass is 79.9. The summed E-state index contributed by atoms with van der Waals surface area (Å²) >= 11 is 3.15. The molecular weight excluding hydrogens is 391 g/mol. The van der Waals surface area contributed by atoms with Crippen molar-refractivity contribution in [3.8, 4) is 5.75 Å². The van der Waals surface area contributed by atoms with Gasteiger partial charge in [-0.3, -0.25) is 9.59 Å². The Morgan fingerprint density at radius 1 is 1.12 bits per heavy atom. The summed E-state index contributed by atoms with van der Waals surface area (Å²) in [6, 6.07) is 9.53. The monoisotopic (exact) mass is 408 g/mol. The molecule has 2 rings (SSSR count). The fourth-order valence-electron chi connectivity index (χ4n) is 2.07. The second kappa shape index (κ2) is 8.62. The standard InChI is InChI=1S/C18H18BrFN2O3/c1-3-17(23)21-14-5-4-6-15(11(14)2)22-18(24)10-25-16-8-7-12(19)9-13(16)20/h4-9H,3,10H2,1-2H3,(H,21,23)(H,22,24). The molecule has 0 aromatic heterocycles. The van der Waals surface area contributed by atoms with E-state index < -0.39 is 11.7 Å². The van der Waals surface area contributed by atoms with E-state index in [1.807, 2.05) is 0 Å². The molecule has 2 amide bonds. The van der Waals surface area contributed by atoms with Crippen LogP contribution < -0.4 is 15.4 Å². The molecule has 5 nitrogen and oxygen atoms in total. The van der Waals surface area contributed by atoms with Crippen molar-refractivity contribution < 1.29 is 18.7 Å². The first-order chi connectivity index (χ1) is 11.9. The molecule has 7 heteroatoms. The first kappa shape index (κ1) is 18.9. The van der Waals surface area contributed by atoms with E-state index in [4.69, 9.17) is 4.74 Å². The van der Waals surface area contributed by atoms with Crippen molar-refractivity contribution in [3.63, 3.8) is 0 Å². The van der Waals surface area contributed by atoms with Gasteiger partial charge >= 0.3 is 0 Å². The van der Waals surface area contributed by atoms with Gasteiger partial charge in [-0.05, 0) is 42.8 Å². The van der Waals surface area contributed by atoms with Crippen molar-refractivity contribution in [2.24, 2.45) is 0 Å². The van der Waals surface area contributed by atoms with Crippen LogP contribution in [0.2, 0.25) is 0 Å². The minimum atomic E-state index is -0.553. The van der Waals surface area contributed by atoms with E-state index >= 15 is 0 Å². The SMILES string of the molecule is CCC(=O)Nc1cccc(NC(=O)COc2ccc(Br)cc2F)c1C. The summed E-state index contributed by atoms with van der Waals surface area (Å²) in [5, 5.41) is 5.46. The summed E-state index contributed by atoms with van der Waals surface area (Å²) in [4.78, 5) is 23.6. The molecule has 132 valence electrons. The molecular formula is C18H18BrFN2O3. The average Bonchev–Trinajstić information content (AvgIpc) is 2.57. The van der Waals surface area contributed by atoms with Crippen molar-refractivity contribution in [2.45, 2.75) is 20.3 Å². The van der Waals surface area contributed by atoms with Gasteiger partial charge in [0.15, 0.2) is 18.2 Å². The predicted octanol–water partition coefficient (Wildman–Crippen LogP) is 4.26. The Bertz CT molecular complexity index is 796. The second-order valence-electron chi connectivity index (χ2n) is 5.29. The topological polar surface area (TPSA) is 67.4 Å². The van der Waals surface area contributed by atoms with Crippen LogP contribution in [0.4, 0.5) is 15.8 Å². The summed E-state index contributed by atoms with van der Waals surface area (Å²) in [6.07, 6.45) is 0.364. The van der Waals surface area contributed by atoms with Crippen LogP contribution in [0.1, 0.15) is 18.9 Å². The maximum atomic E-state index is 13.7. The van der Waals surface area contributed by atoms with Crippen LogP contribution in [0.5, 0.6) is 5.75 Å².